The van der Waals surface area contributed by atoms with Gasteiger partial charge in [0, 0.05) is 10.7 Å². The van der Waals surface area contributed by atoms with Crippen LogP contribution in [-0.2, 0) is 16.1 Å². The van der Waals surface area contributed by atoms with E-state index >= 15 is 0 Å². The number of hydrogen-bond donors (Lipinski definition) is 2. The van der Waals surface area contributed by atoms with Crippen molar-refractivity contribution in [1.82, 2.24) is 15.0 Å². The van der Waals surface area contributed by atoms with Crippen LogP contribution in [0, 0.1) is 0 Å². The van der Waals surface area contributed by atoms with E-state index in [0.717, 1.165) is 5.69 Å². The van der Waals surface area contributed by atoms with Crippen LogP contribution in [0.5, 0.6) is 5.75 Å². The van der Waals surface area contributed by atoms with Crippen LogP contribution in [0.3, 0.4) is 0 Å². The van der Waals surface area contributed by atoms with Crippen molar-refractivity contribution in [2.45, 2.75) is 19.6 Å². The minimum atomic E-state index is -0.908. The lowest BCUT2D eigenvalue weighted by Crippen LogP contribution is -2.26. The third-order valence-corrected chi connectivity index (χ3v) is 4.13. The quantitative estimate of drug-likeness (QED) is 0.537. The van der Waals surface area contributed by atoms with Gasteiger partial charge in [-0.05, 0) is 37.3 Å². The molecule has 3 N–H and O–H groups in total. The number of benzene rings is 2. The van der Waals surface area contributed by atoms with Crippen LogP contribution in [0.2, 0.25) is 10.0 Å². The molecule has 1 atom stereocenters. The molecule has 0 radical (unpaired) electrons. The molecule has 0 saturated heterocycles. The summed E-state index contributed by atoms with van der Waals surface area (Å²) in [5, 5.41) is 3.76. The fourth-order valence-electron chi connectivity index (χ4n) is 2.27. The number of rotatable bonds is 7. The zero-order valence-electron chi connectivity index (χ0n) is 15.3. The Morgan fingerprint density at radius 3 is 2.62 bits per heavy atom. The molecule has 1 aromatic heterocycles. The van der Waals surface area contributed by atoms with Crippen molar-refractivity contribution in [3.05, 3.63) is 64.4 Å². The van der Waals surface area contributed by atoms with Crippen molar-refractivity contribution in [2.24, 2.45) is 0 Å². The lowest BCUT2D eigenvalue weighted by Gasteiger charge is -2.15. The summed E-state index contributed by atoms with van der Waals surface area (Å²) in [6.45, 7) is 1.34. The zero-order valence-corrected chi connectivity index (χ0v) is 16.8. The number of esters is 1. The second-order valence-electron chi connectivity index (χ2n) is 5.87. The predicted molar refractivity (Wildman–Crippen MR) is 110 cm³/mol. The highest BCUT2D eigenvalue weighted by molar-refractivity contribution is 6.35. The molecule has 1 unspecified atom stereocenters. The van der Waals surface area contributed by atoms with Crippen LogP contribution in [0.15, 0.2) is 48.5 Å². The predicted octanol–water partition coefficient (Wildman–Crippen LogP) is 4.01. The smallest absolute Gasteiger partial charge is 0.347 e. The summed E-state index contributed by atoms with van der Waals surface area (Å²) in [4.78, 5) is 24.4. The Bertz CT molecular complexity index is 1000. The SMILES string of the molecule is CC(Oc1ccc(Cl)cc1Cl)C(=O)OCc1nc(N)nc(Nc2ccccc2)n1. The number of nitrogens with zero attached hydrogens (tertiary/aromatic N) is 3. The van der Waals surface area contributed by atoms with E-state index in [9.17, 15) is 4.79 Å². The number of ether oxygens (including phenoxy) is 2. The minimum Gasteiger partial charge on any atom is -0.477 e. The average molecular weight is 434 g/mol. The summed E-state index contributed by atoms with van der Waals surface area (Å²) in [5.74, 6) is 0.140. The standard InChI is InChI=1S/C19H17Cl2N5O3/c1-11(29-15-8-7-12(20)9-14(15)21)17(27)28-10-16-24-18(22)26-19(25-16)23-13-5-3-2-4-6-13/h2-9,11H,10H2,1H3,(H3,22,23,24,25,26). The molecule has 8 nitrogen and oxygen atoms in total. The Hall–Kier alpha value is -3.10. The monoisotopic (exact) mass is 433 g/mol. The third-order valence-electron chi connectivity index (χ3n) is 3.60. The summed E-state index contributed by atoms with van der Waals surface area (Å²) in [5.41, 5.74) is 6.50. The molecule has 0 saturated carbocycles. The zero-order chi connectivity index (χ0) is 20.8. The molecule has 0 fully saturated rings. The number of carbonyl (C=O) groups is 1. The second-order valence-corrected chi connectivity index (χ2v) is 6.71. The van der Waals surface area contributed by atoms with E-state index in [1.54, 1.807) is 12.1 Å². The number of nitrogen functional groups attached to an aromatic ring is 1. The average Bonchev–Trinajstić information content (AvgIpc) is 2.68. The summed E-state index contributed by atoms with van der Waals surface area (Å²) in [6, 6.07) is 14.0. The van der Waals surface area contributed by atoms with Crippen molar-refractivity contribution >= 4 is 46.8 Å². The second kappa shape index (κ2) is 9.40. The van der Waals surface area contributed by atoms with Crippen LogP contribution in [0.25, 0.3) is 0 Å². The molecule has 0 aliphatic rings. The fourth-order valence-corrected chi connectivity index (χ4v) is 2.72. The van der Waals surface area contributed by atoms with Crippen molar-refractivity contribution < 1.29 is 14.3 Å². The minimum absolute atomic E-state index is 0.00160. The van der Waals surface area contributed by atoms with Crippen molar-refractivity contribution in [3.63, 3.8) is 0 Å². The van der Waals surface area contributed by atoms with Crippen LogP contribution in [-0.4, -0.2) is 27.0 Å². The number of hydrogen-bond acceptors (Lipinski definition) is 8. The van der Waals surface area contributed by atoms with E-state index in [0.29, 0.717) is 15.8 Å². The van der Waals surface area contributed by atoms with E-state index in [2.05, 4.69) is 20.3 Å². The van der Waals surface area contributed by atoms with Gasteiger partial charge in [0.1, 0.15) is 5.75 Å². The molecule has 0 aliphatic carbocycles. The van der Waals surface area contributed by atoms with Crippen LogP contribution < -0.4 is 15.8 Å². The first-order valence-corrected chi connectivity index (χ1v) is 9.27. The first-order chi connectivity index (χ1) is 13.9. The Morgan fingerprint density at radius 2 is 1.90 bits per heavy atom. The highest BCUT2D eigenvalue weighted by atomic mass is 35.5. The first-order valence-electron chi connectivity index (χ1n) is 8.51. The van der Waals surface area contributed by atoms with Gasteiger partial charge in [-0.15, -0.1) is 0 Å². The van der Waals surface area contributed by atoms with Gasteiger partial charge in [0.15, 0.2) is 18.5 Å². The first kappa shape index (κ1) is 20.6. The molecule has 10 heteroatoms. The van der Waals surface area contributed by atoms with Gasteiger partial charge in [-0.25, -0.2) is 4.79 Å². The molecule has 2 aromatic carbocycles. The van der Waals surface area contributed by atoms with Gasteiger partial charge in [0.05, 0.1) is 5.02 Å². The summed E-state index contributed by atoms with van der Waals surface area (Å²) in [6.07, 6.45) is -0.908. The number of carbonyl (C=O) groups excluding carboxylic acids is 1. The fraction of sp³-hybridized carbons (Fsp3) is 0.158. The Kier molecular flexibility index (Phi) is 6.69. The van der Waals surface area contributed by atoms with Gasteiger partial charge in [-0.3, -0.25) is 0 Å². The molecule has 0 amide bonds. The van der Waals surface area contributed by atoms with E-state index in [1.807, 2.05) is 30.3 Å². The number of para-hydroxylation sites is 1. The highest BCUT2D eigenvalue weighted by Gasteiger charge is 2.19. The molecule has 0 aliphatic heterocycles. The Labute approximate surface area is 177 Å². The molecule has 29 heavy (non-hydrogen) atoms. The largest absolute Gasteiger partial charge is 0.477 e. The summed E-state index contributed by atoms with van der Waals surface area (Å²) in [7, 11) is 0. The summed E-state index contributed by atoms with van der Waals surface area (Å²) >= 11 is 11.9. The van der Waals surface area contributed by atoms with Crippen LogP contribution in [0.4, 0.5) is 17.6 Å². The normalized spacial score (nSPS) is 11.6. The van der Waals surface area contributed by atoms with Crippen LogP contribution >= 0.6 is 23.2 Å². The summed E-state index contributed by atoms with van der Waals surface area (Å²) < 4.78 is 10.7. The maximum atomic E-state index is 12.2. The maximum absolute atomic E-state index is 12.2. The van der Waals surface area contributed by atoms with Gasteiger partial charge in [-0.2, -0.15) is 15.0 Å². The van der Waals surface area contributed by atoms with Crippen LogP contribution in [0.1, 0.15) is 12.7 Å². The molecule has 150 valence electrons. The van der Waals surface area contributed by atoms with E-state index in [1.165, 1.54) is 13.0 Å². The number of anilines is 3. The van der Waals surface area contributed by atoms with E-state index < -0.39 is 12.1 Å². The molecular formula is C19H17Cl2N5O3. The lowest BCUT2D eigenvalue weighted by atomic mass is 10.3. The molecule has 0 bridgehead atoms. The number of aromatic nitrogens is 3. The maximum Gasteiger partial charge on any atom is 0.347 e. The third kappa shape index (κ3) is 5.94. The van der Waals surface area contributed by atoms with Crippen molar-refractivity contribution in [3.8, 4) is 5.75 Å². The topological polar surface area (TPSA) is 112 Å². The van der Waals surface area contributed by atoms with Crippen molar-refractivity contribution in [1.29, 1.82) is 0 Å². The molecular weight excluding hydrogens is 417 g/mol. The van der Waals surface area contributed by atoms with Gasteiger partial charge >= 0.3 is 5.97 Å². The van der Waals surface area contributed by atoms with E-state index in [-0.39, 0.29) is 24.3 Å². The molecule has 3 aromatic rings. The molecule has 1 heterocycles. The Balaban J connectivity index is 1.60. The van der Waals surface area contributed by atoms with Gasteiger partial charge in [-0.1, -0.05) is 41.4 Å². The van der Waals surface area contributed by atoms with E-state index in [4.69, 9.17) is 38.4 Å². The lowest BCUT2D eigenvalue weighted by molar-refractivity contribution is -0.152. The van der Waals surface area contributed by atoms with Gasteiger partial charge in [0.2, 0.25) is 11.9 Å². The number of nitrogens with two attached hydrogens (primary N) is 1. The van der Waals surface area contributed by atoms with Gasteiger partial charge in [0.25, 0.3) is 0 Å². The Morgan fingerprint density at radius 1 is 1.14 bits per heavy atom. The number of nitrogens with one attached hydrogen (secondary N) is 1. The number of halogens is 2. The highest BCUT2D eigenvalue weighted by Crippen LogP contribution is 2.28. The molecule has 3 rings (SSSR count). The van der Waals surface area contributed by atoms with Crippen molar-refractivity contribution in [2.75, 3.05) is 11.1 Å². The molecule has 0 spiro atoms. The van der Waals surface area contributed by atoms with Gasteiger partial charge < -0.3 is 20.5 Å².